The number of carbonyl (C=O) groups is 1. The summed E-state index contributed by atoms with van der Waals surface area (Å²) in [5.41, 5.74) is 2.61. The number of piperidine rings is 1. The number of rotatable bonds is 5. The predicted octanol–water partition coefficient (Wildman–Crippen LogP) is 1.86. The fourth-order valence-corrected chi connectivity index (χ4v) is 4.31. The van der Waals surface area contributed by atoms with Gasteiger partial charge < -0.3 is 15.1 Å². The Morgan fingerprint density at radius 1 is 1.04 bits per heavy atom. The third-order valence-corrected chi connectivity index (χ3v) is 6.06. The summed E-state index contributed by atoms with van der Waals surface area (Å²) in [6.45, 7) is 8.91. The maximum absolute atomic E-state index is 12.4. The number of likely N-dealkylation sites (tertiary alicyclic amines) is 1. The van der Waals surface area contributed by atoms with Crippen LogP contribution in [0.2, 0.25) is 0 Å². The van der Waals surface area contributed by atoms with Gasteiger partial charge in [0.05, 0.1) is 6.54 Å². The number of piperazine rings is 1. The van der Waals surface area contributed by atoms with Crippen molar-refractivity contribution in [2.24, 2.45) is 0 Å². The molecule has 142 valence electrons. The van der Waals surface area contributed by atoms with Crippen LogP contribution in [0.1, 0.15) is 31.2 Å². The third-order valence-electron chi connectivity index (χ3n) is 6.06. The summed E-state index contributed by atoms with van der Waals surface area (Å²) in [5.74, 6) is 0.207. The van der Waals surface area contributed by atoms with Crippen molar-refractivity contribution < 1.29 is 4.79 Å². The van der Waals surface area contributed by atoms with Crippen molar-refractivity contribution in [3.63, 3.8) is 0 Å². The highest BCUT2D eigenvalue weighted by molar-refractivity contribution is 5.78. The van der Waals surface area contributed by atoms with E-state index in [0.29, 0.717) is 12.6 Å². The SMILES string of the molecule is Cc1cccc(N2CCN(CC(=O)NC3CCN(C4CC4)CC3)CC2)c1. The van der Waals surface area contributed by atoms with Gasteiger partial charge in [0.25, 0.3) is 0 Å². The fourth-order valence-electron chi connectivity index (χ4n) is 4.31. The lowest BCUT2D eigenvalue weighted by Gasteiger charge is -2.36. The number of hydrogen-bond donors (Lipinski definition) is 1. The lowest BCUT2D eigenvalue weighted by atomic mass is 10.0. The second-order valence-electron chi connectivity index (χ2n) is 8.21. The molecule has 1 aromatic rings. The van der Waals surface area contributed by atoms with Crippen LogP contribution < -0.4 is 10.2 Å². The number of aryl methyl sites for hydroxylation is 1. The summed E-state index contributed by atoms with van der Waals surface area (Å²) < 4.78 is 0. The fraction of sp³-hybridized carbons (Fsp3) is 0.667. The molecule has 1 aliphatic carbocycles. The summed E-state index contributed by atoms with van der Waals surface area (Å²) in [5, 5.41) is 3.28. The van der Waals surface area contributed by atoms with Crippen LogP contribution in [-0.2, 0) is 4.79 Å². The van der Waals surface area contributed by atoms with E-state index >= 15 is 0 Å². The predicted molar refractivity (Wildman–Crippen MR) is 106 cm³/mol. The number of carbonyl (C=O) groups excluding carboxylic acids is 1. The molecule has 2 heterocycles. The molecule has 2 aliphatic heterocycles. The Balaban J connectivity index is 1.17. The molecule has 0 aromatic heterocycles. The molecule has 4 rings (SSSR count). The maximum Gasteiger partial charge on any atom is 0.234 e. The number of amides is 1. The first-order chi connectivity index (χ1) is 12.7. The highest BCUT2D eigenvalue weighted by Gasteiger charge is 2.32. The molecule has 3 fully saturated rings. The molecule has 2 saturated heterocycles. The number of anilines is 1. The minimum atomic E-state index is 0.207. The molecule has 1 aromatic carbocycles. The molecule has 1 saturated carbocycles. The van der Waals surface area contributed by atoms with Gasteiger partial charge >= 0.3 is 0 Å². The van der Waals surface area contributed by atoms with Gasteiger partial charge in [-0.25, -0.2) is 0 Å². The molecule has 1 N–H and O–H groups in total. The Kier molecular flexibility index (Phi) is 5.46. The quantitative estimate of drug-likeness (QED) is 0.874. The lowest BCUT2D eigenvalue weighted by Crippen LogP contribution is -2.52. The van der Waals surface area contributed by atoms with Crippen LogP contribution in [0.3, 0.4) is 0 Å². The van der Waals surface area contributed by atoms with Gasteiger partial charge in [-0.05, 0) is 50.3 Å². The normalized spacial score (nSPS) is 23.2. The van der Waals surface area contributed by atoms with Crippen molar-refractivity contribution >= 4 is 11.6 Å². The molecule has 0 bridgehead atoms. The second-order valence-corrected chi connectivity index (χ2v) is 8.21. The minimum absolute atomic E-state index is 0.207. The van der Waals surface area contributed by atoms with E-state index in [1.54, 1.807) is 0 Å². The molecule has 3 aliphatic rings. The molecule has 1 amide bonds. The highest BCUT2D eigenvalue weighted by Crippen LogP contribution is 2.29. The van der Waals surface area contributed by atoms with Crippen LogP contribution in [0.5, 0.6) is 0 Å². The standard InChI is InChI=1S/C21H32N4O/c1-17-3-2-4-20(15-17)25-13-11-23(12-14-25)16-21(26)22-18-7-9-24(10-8-18)19-5-6-19/h2-4,15,18-19H,5-14,16H2,1H3,(H,22,26). The lowest BCUT2D eigenvalue weighted by molar-refractivity contribution is -0.123. The smallest absolute Gasteiger partial charge is 0.234 e. The molecule has 0 spiro atoms. The Morgan fingerprint density at radius 3 is 2.42 bits per heavy atom. The average Bonchev–Trinajstić information content (AvgIpc) is 3.48. The van der Waals surface area contributed by atoms with E-state index in [0.717, 1.165) is 58.2 Å². The van der Waals surface area contributed by atoms with E-state index in [2.05, 4.69) is 51.2 Å². The van der Waals surface area contributed by atoms with Crippen LogP contribution >= 0.6 is 0 Å². The zero-order valence-corrected chi connectivity index (χ0v) is 16.0. The van der Waals surface area contributed by atoms with Crippen molar-refractivity contribution in [2.45, 2.75) is 44.7 Å². The molecule has 0 radical (unpaired) electrons. The summed E-state index contributed by atoms with van der Waals surface area (Å²) >= 11 is 0. The Morgan fingerprint density at radius 2 is 1.77 bits per heavy atom. The van der Waals surface area contributed by atoms with Gasteiger partial charge in [-0.3, -0.25) is 9.69 Å². The average molecular weight is 357 g/mol. The molecular formula is C21H32N4O. The van der Waals surface area contributed by atoms with Crippen molar-refractivity contribution in [3.8, 4) is 0 Å². The van der Waals surface area contributed by atoms with Crippen molar-refractivity contribution in [3.05, 3.63) is 29.8 Å². The number of nitrogens with zero attached hydrogens (tertiary/aromatic N) is 3. The van der Waals surface area contributed by atoms with E-state index < -0.39 is 0 Å². The van der Waals surface area contributed by atoms with Crippen LogP contribution in [0.25, 0.3) is 0 Å². The first kappa shape index (κ1) is 17.8. The van der Waals surface area contributed by atoms with Crippen LogP contribution in [-0.4, -0.2) is 73.6 Å². The zero-order chi connectivity index (χ0) is 17.9. The van der Waals surface area contributed by atoms with E-state index in [1.807, 2.05) is 0 Å². The van der Waals surface area contributed by atoms with Crippen LogP contribution in [0.15, 0.2) is 24.3 Å². The Bertz CT molecular complexity index is 614. The summed E-state index contributed by atoms with van der Waals surface area (Å²) in [4.78, 5) is 19.7. The van der Waals surface area contributed by atoms with Gasteiger partial charge in [0.1, 0.15) is 0 Å². The van der Waals surface area contributed by atoms with E-state index in [-0.39, 0.29) is 5.91 Å². The first-order valence-electron chi connectivity index (χ1n) is 10.2. The minimum Gasteiger partial charge on any atom is -0.369 e. The third kappa shape index (κ3) is 4.57. The van der Waals surface area contributed by atoms with Crippen molar-refractivity contribution in [1.82, 2.24) is 15.1 Å². The molecule has 0 unspecified atom stereocenters. The van der Waals surface area contributed by atoms with Crippen molar-refractivity contribution in [1.29, 1.82) is 0 Å². The molecular weight excluding hydrogens is 324 g/mol. The van der Waals surface area contributed by atoms with Gasteiger partial charge in [-0.1, -0.05) is 12.1 Å². The zero-order valence-electron chi connectivity index (χ0n) is 16.0. The largest absolute Gasteiger partial charge is 0.369 e. The number of hydrogen-bond acceptors (Lipinski definition) is 4. The maximum atomic E-state index is 12.4. The first-order valence-corrected chi connectivity index (χ1v) is 10.2. The van der Waals surface area contributed by atoms with Gasteiger partial charge in [0, 0.05) is 57.0 Å². The van der Waals surface area contributed by atoms with Gasteiger partial charge in [-0.2, -0.15) is 0 Å². The Hall–Kier alpha value is -1.59. The van der Waals surface area contributed by atoms with Crippen LogP contribution in [0.4, 0.5) is 5.69 Å². The number of nitrogens with one attached hydrogen (secondary N) is 1. The summed E-state index contributed by atoms with van der Waals surface area (Å²) in [6, 6.07) is 9.93. The van der Waals surface area contributed by atoms with E-state index in [1.165, 1.54) is 24.1 Å². The molecule has 0 atom stereocenters. The molecule has 5 heteroatoms. The van der Waals surface area contributed by atoms with Gasteiger partial charge in [0.15, 0.2) is 0 Å². The Labute approximate surface area is 157 Å². The summed E-state index contributed by atoms with van der Waals surface area (Å²) in [7, 11) is 0. The topological polar surface area (TPSA) is 38.8 Å². The highest BCUT2D eigenvalue weighted by atomic mass is 16.2. The van der Waals surface area contributed by atoms with E-state index in [9.17, 15) is 4.79 Å². The van der Waals surface area contributed by atoms with Gasteiger partial charge in [-0.15, -0.1) is 0 Å². The summed E-state index contributed by atoms with van der Waals surface area (Å²) in [6.07, 6.45) is 4.99. The number of benzene rings is 1. The van der Waals surface area contributed by atoms with Crippen molar-refractivity contribution in [2.75, 3.05) is 50.7 Å². The second kappa shape index (κ2) is 7.97. The van der Waals surface area contributed by atoms with Crippen LogP contribution in [0, 0.1) is 6.92 Å². The monoisotopic (exact) mass is 356 g/mol. The molecule has 5 nitrogen and oxygen atoms in total. The molecule has 26 heavy (non-hydrogen) atoms. The van der Waals surface area contributed by atoms with Gasteiger partial charge in [0.2, 0.25) is 5.91 Å². The van der Waals surface area contributed by atoms with E-state index in [4.69, 9.17) is 0 Å².